The van der Waals surface area contributed by atoms with Gasteiger partial charge in [0.15, 0.2) is 5.78 Å². The van der Waals surface area contributed by atoms with E-state index in [4.69, 9.17) is 0 Å². The fourth-order valence-corrected chi connectivity index (χ4v) is 5.06. The maximum atomic E-state index is 13.0. The summed E-state index contributed by atoms with van der Waals surface area (Å²) < 4.78 is 38.1. The molecule has 0 aliphatic carbocycles. The molecule has 8 nitrogen and oxygen atoms in total. The van der Waals surface area contributed by atoms with Crippen LogP contribution in [0.25, 0.3) is 0 Å². The summed E-state index contributed by atoms with van der Waals surface area (Å²) in [5.74, 6) is -1.07. The minimum Gasteiger partial charge on any atom is -0.352 e. The molecular weight excluding hydrogens is 501 g/mol. The van der Waals surface area contributed by atoms with E-state index in [9.17, 15) is 32.3 Å². The van der Waals surface area contributed by atoms with Crippen molar-refractivity contribution in [3.05, 3.63) is 65.5 Å². The third-order valence-corrected chi connectivity index (χ3v) is 7.06. The van der Waals surface area contributed by atoms with E-state index in [-0.39, 0.29) is 61.1 Å². The summed E-state index contributed by atoms with van der Waals surface area (Å²) in [6, 6.07) is 6.56. The van der Waals surface area contributed by atoms with Crippen molar-refractivity contribution in [2.75, 3.05) is 19.6 Å². The highest BCUT2D eigenvalue weighted by molar-refractivity contribution is 5.98. The van der Waals surface area contributed by atoms with Crippen molar-refractivity contribution >= 4 is 23.5 Å². The number of nitrogens with one attached hydrogen (secondary N) is 1. The number of alkyl halides is 3. The molecule has 0 spiro atoms. The van der Waals surface area contributed by atoms with Crippen LogP contribution in [0.15, 0.2) is 48.8 Å². The highest BCUT2D eigenvalue weighted by Gasteiger charge is 2.51. The number of amides is 3. The van der Waals surface area contributed by atoms with Crippen LogP contribution in [0.3, 0.4) is 0 Å². The van der Waals surface area contributed by atoms with E-state index in [0.717, 1.165) is 29.8 Å². The van der Waals surface area contributed by atoms with E-state index in [1.165, 1.54) is 0 Å². The maximum Gasteiger partial charge on any atom is 0.416 e. The smallest absolute Gasteiger partial charge is 0.352 e. The summed E-state index contributed by atoms with van der Waals surface area (Å²) in [6.45, 7) is 2.49. The third-order valence-electron chi connectivity index (χ3n) is 7.06. The average Bonchev–Trinajstić information content (AvgIpc) is 3.45. The third kappa shape index (κ3) is 6.20. The Morgan fingerprint density at radius 3 is 2.50 bits per heavy atom. The van der Waals surface area contributed by atoms with E-state index in [2.05, 4.69) is 10.3 Å². The molecule has 0 saturated carbocycles. The lowest BCUT2D eigenvalue weighted by molar-refractivity contribution is -0.137. The monoisotopic (exact) mass is 530 g/mol. The molecule has 202 valence electrons. The molecule has 2 saturated heterocycles. The number of Topliss-reactive ketones (excluding diaryl/α,β-unsaturated/α-hetero) is 1. The van der Waals surface area contributed by atoms with Gasteiger partial charge in [0, 0.05) is 37.5 Å². The summed E-state index contributed by atoms with van der Waals surface area (Å²) in [7, 11) is 0. The minimum atomic E-state index is -4.47. The summed E-state index contributed by atoms with van der Waals surface area (Å²) in [4.78, 5) is 58.1. The zero-order valence-corrected chi connectivity index (χ0v) is 20.9. The molecule has 1 aromatic carbocycles. The number of fused-ring (bicyclic) bond motifs is 1. The number of rotatable bonds is 8. The number of carbonyl (C=O) groups is 4. The molecule has 11 heteroatoms. The van der Waals surface area contributed by atoms with E-state index in [1.807, 2.05) is 6.92 Å². The lowest BCUT2D eigenvalue weighted by Gasteiger charge is -2.25. The Morgan fingerprint density at radius 2 is 1.84 bits per heavy atom. The number of hydrogen-bond acceptors (Lipinski definition) is 5. The number of nitrogens with zero attached hydrogens (tertiary/aromatic N) is 3. The molecule has 2 aromatic rings. The van der Waals surface area contributed by atoms with Crippen LogP contribution in [-0.4, -0.2) is 70.0 Å². The van der Waals surface area contributed by atoms with Gasteiger partial charge in [-0.05, 0) is 54.7 Å². The molecule has 4 rings (SSSR count). The first-order chi connectivity index (χ1) is 18.0. The van der Waals surface area contributed by atoms with Crippen LogP contribution in [0, 0.1) is 5.92 Å². The van der Waals surface area contributed by atoms with Crippen LogP contribution in [-0.2, 0) is 27.0 Å². The number of benzene rings is 1. The zero-order valence-electron chi connectivity index (χ0n) is 20.9. The Morgan fingerprint density at radius 1 is 1.11 bits per heavy atom. The zero-order chi connectivity index (χ0) is 27.4. The largest absolute Gasteiger partial charge is 0.416 e. The summed E-state index contributed by atoms with van der Waals surface area (Å²) in [6.07, 6.45) is 0.109. The molecular formula is C27H29F3N4O4. The first-order valence-corrected chi connectivity index (χ1v) is 12.5. The quantitative estimate of drug-likeness (QED) is 0.566. The summed E-state index contributed by atoms with van der Waals surface area (Å²) in [5.41, 5.74) is 0.0536. The Kier molecular flexibility index (Phi) is 8.13. The standard InChI is InChI=1S/C27H29F3N4O4/c1-17(8-11-32-26(38)19-4-6-20(7-5-19)27(28,29)30)13-23(36)33-12-9-21-25(33)22(35)16-34(21)24(37)14-18-3-2-10-31-15-18/h2-7,10,15,17,21,25H,8-9,11-14,16H2,1H3,(H,32,38). The van der Waals surface area contributed by atoms with Gasteiger partial charge in [-0.3, -0.25) is 24.2 Å². The molecule has 3 amide bonds. The van der Waals surface area contributed by atoms with Crippen LogP contribution in [0.5, 0.6) is 0 Å². The SMILES string of the molecule is CC(CCNC(=O)c1ccc(C(F)(F)F)cc1)CC(=O)N1CCC2C1C(=O)CN2C(=O)Cc1cccnc1. The van der Waals surface area contributed by atoms with Gasteiger partial charge in [0.25, 0.3) is 5.91 Å². The number of aromatic nitrogens is 1. The van der Waals surface area contributed by atoms with Crippen molar-refractivity contribution in [1.82, 2.24) is 20.1 Å². The molecule has 2 fully saturated rings. The van der Waals surface area contributed by atoms with Gasteiger partial charge in [0.05, 0.1) is 24.6 Å². The molecule has 3 unspecified atom stereocenters. The number of pyridine rings is 1. The van der Waals surface area contributed by atoms with Gasteiger partial charge in [0.1, 0.15) is 6.04 Å². The Hall–Kier alpha value is -3.76. The van der Waals surface area contributed by atoms with Crippen molar-refractivity contribution in [2.24, 2.45) is 5.92 Å². The second-order valence-electron chi connectivity index (χ2n) is 9.84. The number of carbonyl (C=O) groups excluding carboxylic acids is 4. The molecule has 2 aliphatic heterocycles. The predicted molar refractivity (Wildman–Crippen MR) is 131 cm³/mol. The van der Waals surface area contributed by atoms with Crippen LogP contribution >= 0.6 is 0 Å². The maximum absolute atomic E-state index is 13.0. The Labute approximate surface area is 218 Å². The second-order valence-corrected chi connectivity index (χ2v) is 9.84. The van der Waals surface area contributed by atoms with Crippen LogP contribution in [0.2, 0.25) is 0 Å². The number of ketones is 1. The van der Waals surface area contributed by atoms with Gasteiger partial charge in [0.2, 0.25) is 11.8 Å². The fraction of sp³-hybridized carbons (Fsp3) is 0.444. The molecule has 0 radical (unpaired) electrons. The molecule has 1 N–H and O–H groups in total. The van der Waals surface area contributed by atoms with Gasteiger partial charge in [-0.2, -0.15) is 13.2 Å². The molecule has 1 aromatic heterocycles. The number of hydrogen-bond donors (Lipinski definition) is 1. The highest BCUT2D eigenvalue weighted by Crippen LogP contribution is 2.31. The van der Waals surface area contributed by atoms with E-state index in [0.29, 0.717) is 19.4 Å². The van der Waals surface area contributed by atoms with Crippen molar-refractivity contribution < 1.29 is 32.3 Å². The van der Waals surface area contributed by atoms with Crippen LogP contribution in [0.1, 0.15) is 47.7 Å². The van der Waals surface area contributed by atoms with E-state index < -0.39 is 23.7 Å². The van der Waals surface area contributed by atoms with Crippen molar-refractivity contribution in [1.29, 1.82) is 0 Å². The molecule has 38 heavy (non-hydrogen) atoms. The lowest BCUT2D eigenvalue weighted by atomic mass is 10.0. The van der Waals surface area contributed by atoms with Gasteiger partial charge >= 0.3 is 6.18 Å². The molecule has 3 heterocycles. The molecule has 2 aliphatic rings. The predicted octanol–water partition coefficient (Wildman–Crippen LogP) is 2.87. The molecule has 3 atom stereocenters. The van der Waals surface area contributed by atoms with Gasteiger partial charge in [-0.25, -0.2) is 0 Å². The lowest BCUT2D eigenvalue weighted by Crippen LogP contribution is -2.44. The van der Waals surface area contributed by atoms with Crippen LogP contribution in [0.4, 0.5) is 13.2 Å². The first kappa shape index (κ1) is 27.3. The number of likely N-dealkylation sites (tertiary alicyclic amines) is 2. The average molecular weight is 531 g/mol. The second kappa shape index (κ2) is 11.3. The number of halogens is 3. The van der Waals surface area contributed by atoms with Crippen molar-refractivity contribution in [3.8, 4) is 0 Å². The van der Waals surface area contributed by atoms with E-state index >= 15 is 0 Å². The Balaban J connectivity index is 1.24. The van der Waals surface area contributed by atoms with Crippen molar-refractivity contribution in [3.63, 3.8) is 0 Å². The highest BCUT2D eigenvalue weighted by atomic mass is 19.4. The van der Waals surface area contributed by atoms with Crippen LogP contribution < -0.4 is 5.32 Å². The van der Waals surface area contributed by atoms with Gasteiger partial charge in [-0.15, -0.1) is 0 Å². The van der Waals surface area contributed by atoms with Gasteiger partial charge < -0.3 is 15.1 Å². The van der Waals surface area contributed by atoms with Crippen molar-refractivity contribution in [2.45, 2.75) is 50.9 Å². The van der Waals surface area contributed by atoms with E-state index in [1.54, 1.807) is 34.3 Å². The summed E-state index contributed by atoms with van der Waals surface area (Å²) in [5, 5.41) is 2.67. The fourth-order valence-electron chi connectivity index (χ4n) is 5.06. The normalized spacial score (nSPS) is 19.8. The summed E-state index contributed by atoms with van der Waals surface area (Å²) >= 11 is 0. The Bertz CT molecular complexity index is 1190. The molecule has 0 bridgehead atoms. The van der Waals surface area contributed by atoms with Gasteiger partial charge in [-0.1, -0.05) is 13.0 Å². The topological polar surface area (TPSA) is 99.7 Å². The first-order valence-electron chi connectivity index (χ1n) is 12.5. The minimum absolute atomic E-state index is 0.0102.